The van der Waals surface area contributed by atoms with E-state index in [4.69, 9.17) is 5.11 Å². The molecule has 1 aliphatic carbocycles. The maximum Gasteiger partial charge on any atom is 0.328 e. The van der Waals surface area contributed by atoms with Gasteiger partial charge in [-0.15, -0.1) is 0 Å². The Balaban J connectivity index is 2.51. The Morgan fingerprint density at radius 3 is 2.27 bits per heavy atom. The molecular formula is C8H10O3. The van der Waals surface area contributed by atoms with E-state index in [0.29, 0.717) is 25.7 Å². The van der Waals surface area contributed by atoms with E-state index >= 15 is 0 Å². The number of hydrogen-bond acceptors (Lipinski definition) is 2. The van der Waals surface area contributed by atoms with E-state index in [1.807, 2.05) is 0 Å². The number of ketones is 1. The highest BCUT2D eigenvalue weighted by atomic mass is 16.4. The van der Waals surface area contributed by atoms with E-state index < -0.39 is 5.97 Å². The molecule has 0 aromatic carbocycles. The van der Waals surface area contributed by atoms with Gasteiger partial charge in [-0.1, -0.05) is 5.57 Å². The number of aliphatic carboxylic acids is 1. The topological polar surface area (TPSA) is 54.4 Å². The summed E-state index contributed by atoms with van der Waals surface area (Å²) in [6.45, 7) is 0. The molecule has 3 heteroatoms. The molecule has 11 heavy (non-hydrogen) atoms. The van der Waals surface area contributed by atoms with Crippen molar-refractivity contribution in [2.45, 2.75) is 25.7 Å². The highest BCUT2D eigenvalue weighted by Gasteiger charge is 2.12. The summed E-state index contributed by atoms with van der Waals surface area (Å²) < 4.78 is 0. The van der Waals surface area contributed by atoms with Crippen LogP contribution in [0.1, 0.15) is 25.7 Å². The first-order chi connectivity index (χ1) is 5.18. The normalized spacial score (nSPS) is 18.2. The van der Waals surface area contributed by atoms with Crippen LogP contribution < -0.4 is 0 Å². The zero-order valence-electron chi connectivity index (χ0n) is 6.17. The molecule has 0 bridgehead atoms. The zero-order valence-corrected chi connectivity index (χ0v) is 6.17. The quantitative estimate of drug-likeness (QED) is 0.576. The summed E-state index contributed by atoms with van der Waals surface area (Å²) in [4.78, 5) is 20.9. The largest absolute Gasteiger partial charge is 0.478 e. The number of rotatable bonds is 1. The van der Waals surface area contributed by atoms with Crippen LogP contribution in [0, 0.1) is 0 Å². The van der Waals surface area contributed by atoms with Gasteiger partial charge in [-0.25, -0.2) is 4.79 Å². The molecule has 0 amide bonds. The number of carbonyl (C=O) groups excluding carboxylic acids is 1. The first kappa shape index (κ1) is 7.98. The van der Waals surface area contributed by atoms with Crippen molar-refractivity contribution in [3.05, 3.63) is 11.6 Å². The van der Waals surface area contributed by atoms with E-state index in [9.17, 15) is 9.59 Å². The summed E-state index contributed by atoms with van der Waals surface area (Å²) in [5.41, 5.74) is 0.886. The third-order valence-corrected chi connectivity index (χ3v) is 1.78. The lowest BCUT2D eigenvalue weighted by atomic mass is 9.94. The number of hydrogen-bond donors (Lipinski definition) is 1. The van der Waals surface area contributed by atoms with Gasteiger partial charge in [-0.2, -0.15) is 0 Å². The van der Waals surface area contributed by atoms with Crippen LogP contribution >= 0.6 is 0 Å². The summed E-state index contributed by atoms with van der Waals surface area (Å²) in [5.74, 6) is -0.665. The summed E-state index contributed by atoms with van der Waals surface area (Å²) in [6, 6.07) is 0. The lowest BCUT2D eigenvalue weighted by Gasteiger charge is -2.11. The Labute approximate surface area is 64.7 Å². The Bertz CT molecular complexity index is 203. The second-order valence-electron chi connectivity index (χ2n) is 2.68. The molecule has 0 aromatic rings. The van der Waals surface area contributed by atoms with Gasteiger partial charge in [0, 0.05) is 18.9 Å². The van der Waals surface area contributed by atoms with Crippen molar-refractivity contribution in [2.75, 3.05) is 0 Å². The van der Waals surface area contributed by atoms with Crippen LogP contribution in [0.15, 0.2) is 11.6 Å². The van der Waals surface area contributed by atoms with E-state index in [-0.39, 0.29) is 5.78 Å². The van der Waals surface area contributed by atoms with E-state index in [1.54, 1.807) is 0 Å². The molecule has 1 aliphatic rings. The van der Waals surface area contributed by atoms with Crippen molar-refractivity contribution in [3.8, 4) is 0 Å². The molecule has 0 atom stereocenters. The third-order valence-electron chi connectivity index (χ3n) is 1.78. The maximum atomic E-state index is 10.7. The van der Waals surface area contributed by atoms with Crippen LogP contribution in [0.25, 0.3) is 0 Å². The first-order valence-electron chi connectivity index (χ1n) is 3.62. The SMILES string of the molecule is O=C(O)C=C1CCC(=O)CC1. The molecule has 1 fully saturated rings. The molecule has 0 spiro atoms. The van der Waals surface area contributed by atoms with Crippen LogP contribution in [-0.2, 0) is 9.59 Å². The monoisotopic (exact) mass is 154 g/mol. The molecule has 0 aliphatic heterocycles. The van der Waals surface area contributed by atoms with Crippen molar-refractivity contribution < 1.29 is 14.7 Å². The van der Waals surface area contributed by atoms with Gasteiger partial charge in [0.1, 0.15) is 5.78 Å². The van der Waals surface area contributed by atoms with Crippen LogP contribution in [0.2, 0.25) is 0 Å². The van der Waals surface area contributed by atoms with Crippen molar-refractivity contribution in [2.24, 2.45) is 0 Å². The highest BCUT2D eigenvalue weighted by Crippen LogP contribution is 2.19. The van der Waals surface area contributed by atoms with Gasteiger partial charge in [-0.05, 0) is 12.8 Å². The van der Waals surface area contributed by atoms with Crippen molar-refractivity contribution in [1.82, 2.24) is 0 Å². The third kappa shape index (κ3) is 2.53. The molecule has 0 saturated heterocycles. The lowest BCUT2D eigenvalue weighted by Crippen LogP contribution is -2.07. The standard InChI is InChI=1S/C8H10O3/c9-7-3-1-6(2-4-7)5-8(10)11/h5H,1-4H2,(H,10,11). The molecule has 0 unspecified atom stereocenters. The smallest absolute Gasteiger partial charge is 0.328 e. The van der Waals surface area contributed by atoms with E-state index in [1.165, 1.54) is 6.08 Å². The van der Waals surface area contributed by atoms with E-state index in [2.05, 4.69) is 0 Å². The van der Waals surface area contributed by atoms with Gasteiger partial charge in [0.2, 0.25) is 0 Å². The predicted octanol–water partition coefficient (Wildman–Crippen LogP) is 1.14. The summed E-state index contributed by atoms with van der Waals surface area (Å²) in [6.07, 6.45) is 3.50. The van der Waals surface area contributed by atoms with Gasteiger partial charge in [-0.3, -0.25) is 4.79 Å². The fourth-order valence-corrected chi connectivity index (χ4v) is 1.17. The molecule has 0 radical (unpaired) electrons. The van der Waals surface area contributed by atoms with Gasteiger partial charge >= 0.3 is 5.97 Å². The number of carboxylic acid groups (broad SMARTS) is 1. The predicted molar refractivity (Wildman–Crippen MR) is 39.2 cm³/mol. The van der Waals surface area contributed by atoms with Gasteiger partial charge in [0.25, 0.3) is 0 Å². The molecule has 1 saturated carbocycles. The number of allylic oxidation sites excluding steroid dienone is 1. The highest BCUT2D eigenvalue weighted by molar-refractivity contribution is 5.83. The fourth-order valence-electron chi connectivity index (χ4n) is 1.17. The van der Waals surface area contributed by atoms with Crippen LogP contribution in [0.4, 0.5) is 0 Å². The van der Waals surface area contributed by atoms with Crippen LogP contribution in [-0.4, -0.2) is 16.9 Å². The minimum atomic E-state index is -0.908. The number of carboxylic acids is 1. The van der Waals surface area contributed by atoms with Crippen molar-refractivity contribution in [1.29, 1.82) is 0 Å². The van der Waals surface area contributed by atoms with Crippen LogP contribution in [0.3, 0.4) is 0 Å². The average Bonchev–Trinajstić information content (AvgIpc) is 1.93. The van der Waals surface area contributed by atoms with Gasteiger partial charge in [0.15, 0.2) is 0 Å². The average molecular weight is 154 g/mol. The Morgan fingerprint density at radius 1 is 1.27 bits per heavy atom. The second kappa shape index (κ2) is 3.32. The second-order valence-corrected chi connectivity index (χ2v) is 2.68. The minimum absolute atomic E-state index is 0.243. The number of Topliss-reactive ketones (excluding diaryl/α,β-unsaturated/α-hetero) is 1. The van der Waals surface area contributed by atoms with E-state index in [0.717, 1.165) is 5.57 Å². The maximum absolute atomic E-state index is 10.7. The zero-order chi connectivity index (χ0) is 8.27. The summed E-state index contributed by atoms with van der Waals surface area (Å²) in [5, 5.41) is 8.37. The van der Waals surface area contributed by atoms with Gasteiger partial charge < -0.3 is 5.11 Å². The molecule has 0 heterocycles. The summed E-state index contributed by atoms with van der Waals surface area (Å²) >= 11 is 0. The first-order valence-corrected chi connectivity index (χ1v) is 3.62. The Kier molecular flexibility index (Phi) is 2.41. The molecule has 3 nitrogen and oxygen atoms in total. The van der Waals surface area contributed by atoms with Crippen LogP contribution in [0.5, 0.6) is 0 Å². The molecule has 1 N–H and O–H groups in total. The van der Waals surface area contributed by atoms with Crippen molar-refractivity contribution in [3.63, 3.8) is 0 Å². The molecule has 0 aromatic heterocycles. The molecular weight excluding hydrogens is 144 g/mol. The fraction of sp³-hybridized carbons (Fsp3) is 0.500. The summed E-state index contributed by atoms with van der Waals surface area (Å²) in [7, 11) is 0. The Hall–Kier alpha value is -1.12. The number of carbonyl (C=O) groups is 2. The molecule has 1 rings (SSSR count). The Morgan fingerprint density at radius 2 is 1.82 bits per heavy atom. The minimum Gasteiger partial charge on any atom is -0.478 e. The van der Waals surface area contributed by atoms with Gasteiger partial charge in [0.05, 0.1) is 0 Å². The van der Waals surface area contributed by atoms with Crippen molar-refractivity contribution >= 4 is 11.8 Å². The lowest BCUT2D eigenvalue weighted by molar-refractivity contribution is -0.131. The molecule has 60 valence electrons.